The van der Waals surface area contributed by atoms with E-state index >= 15 is 0 Å². The summed E-state index contributed by atoms with van der Waals surface area (Å²) in [5.41, 5.74) is 0.953. The van der Waals surface area contributed by atoms with Gasteiger partial charge in [-0.1, -0.05) is 12.1 Å². The van der Waals surface area contributed by atoms with E-state index in [0.717, 1.165) is 49.9 Å². The fraction of sp³-hybridized carbons (Fsp3) is 0.524. The second-order valence-electron chi connectivity index (χ2n) is 7.79. The summed E-state index contributed by atoms with van der Waals surface area (Å²) in [4.78, 5) is 15.8. The van der Waals surface area contributed by atoms with Crippen LogP contribution < -0.4 is 14.5 Å². The standard InChI is InChI=1S/C21H26F3N5O2/c1-27(19-6-8-25-20(26-19)29-10-12-30-13-11-29)17-7-9-28(15-17)14-16-2-4-18(5-3-16)31-21(22,23)24/h2-6,8,17H,7,9-15H2,1H3. The molecule has 0 aliphatic carbocycles. The van der Waals surface area contributed by atoms with Gasteiger partial charge >= 0.3 is 6.36 Å². The van der Waals surface area contributed by atoms with Crippen molar-refractivity contribution >= 4 is 11.8 Å². The molecule has 2 aliphatic rings. The van der Waals surface area contributed by atoms with Crippen molar-refractivity contribution in [2.75, 3.05) is 56.2 Å². The summed E-state index contributed by atoms with van der Waals surface area (Å²) in [6.45, 7) is 5.40. The minimum absolute atomic E-state index is 0.199. The van der Waals surface area contributed by atoms with E-state index in [4.69, 9.17) is 9.72 Å². The van der Waals surface area contributed by atoms with E-state index in [2.05, 4.69) is 24.4 Å². The summed E-state index contributed by atoms with van der Waals surface area (Å²) in [6, 6.07) is 8.30. The molecule has 2 aliphatic heterocycles. The van der Waals surface area contributed by atoms with Crippen LogP contribution in [-0.2, 0) is 11.3 Å². The molecule has 0 saturated carbocycles. The van der Waals surface area contributed by atoms with Gasteiger partial charge in [0, 0.05) is 52.0 Å². The molecule has 0 amide bonds. The Balaban J connectivity index is 1.33. The molecule has 0 N–H and O–H groups in total. The molecule has 7 nitrogen and oxygen atoms in total. The number of benzene rings is 1. The summed E-state index contributed by atoms with van der Waals surface area (Å²) >= 11 is 0. The predicted molar refractivity (Wildman–Crippen MR) is 110 cm³/mol. The second-order valence-corrected chi connectivity index (χ2v) is 7.79. The molecule has 3 heterocycles. The van der Waals surface area contributed by atoms with Crippen LogP contribution in [0.4, 0.5) is 24.9 Å². The van der Waals surface area contributed by atoms with E-state index in [1.807, 2.05) is 13.1 Å². The Labute approximate surface area is 179 Å². The first-order valence-corrected chi connectivity index (χ1v) is 10.3. The van der Waals surface area contributed by atoms with E-state index in [-0.39, 0.29) is 5.75 Å². The zero-order valence-electron chi connectivity index (χ0n) is 17.4. The average molecular weight is 437 g/mol. The van der Waals surface area contributed by atoms with E-state index in [0.29, 0.717) is 25.8 Å². The number of hydrogen-bond donors (Lipinski definition) is 0. The van der Waals surface area contributed by atoms with E-state index in [1.165, 1.54) is 12.1 Å². The number of aromatic nitrogens is 2. The number of rotatable bonds is 6. The molecule has 4 rings (SSSR count). The number of ether oxygens (including phenoxy) is 2. The maximum Gasteiger partial charge on any atom is 0.573 e. The fourth-order valence-corrected chi connectivity index (χ4v) is 3.97. The Morgan fingerprint density at radius 2 is 1.87 bits per heavy atom. The quantitative estimate of drug-likeness (QED) is 0.689. The fourth-order valence-electron chi connectivity index (χ4n) is 3.97. The number of morpholine rings is 1. The zero-order valence-corrected chi connectivity index (χ0v) is 17.4. The van der Waals surface area contributed by atoms with Gasteiger partial charge in [-0.15, -0.1) is 13.2 Å². The lowest BCUT2D eigenvalue weighted by Crippen LogP contribution is -2.38. The Morgan fingerprint density at radius 3 is 2.58 bits per heavy atom. The van der Waals surface area contributed by atoms with Crippen molar-refractivity contribution < 1.29 is 22.6 Å². The van der Waals surface area contributed by atoms with Crippen LogP contribution in [0.15, 0.2) is 36.5 Å². The van der Waals surface area contributed by atoms with Crippen LogP contribution in [0.3, 0.4) is 0 Å². The molecule has 10 heteroatoms. The molecule has 31 heavy (non-hydrogen) atoms. The summed E-state index contributed by atoms with van der Waals surface area (Å²) in [5.74, 6) is 1.41. The first-order chi connectivity index (χ1) is 14.9. The molecule has 168 valence electrons. The number of alkyl halides is 3. The zero-order chi connectivity index (χ0) is 21.8. The SMILES string of the molecule is CN(c1ccnc(N2CCOCC2)n1)C1CCN(Cc2ccc(OC(F)(F)F)cc2)C1. The van der Waals surface area contributed by atoms with Crippen molar-refractivity contribution in [3.05, 3.63) is 42.1 Å². The number of hydrogen-bond acceptors (Lipinski definition) is 7. The second kappa shape index (κ2) is 9.27. The molecule has 0 spiro atoms. The van der Waals surface area contributed by atoms with Gasteiger partial charge in [0.2, 0.25) is 5.95 Å². The Morgan fingerprint density at radius 1 is 1.13 bits per heavy atom. The number of likely N-dealkylation sites (tertiary alicyclic amines) is 1. The number of anilines is 2. The van der Waals surface area contributed by atoms with Crippen molar-refractivity contribution in [1.82, 2.24) is 14.9 Å². The molecule has 0 bridgehead atoms. The lowest BCUT2D eigenvalue weighted by atomic mass is 10.2. The van der Waals surface area contributed by atoms with E-state index < -0.39 is 6.36 Å². The van der Waals surface area contributed by atoms with Gasteiger partial charge < -0.3 is 19.3 Å². The number of nitrogens with zero attached hydrogens (tertiary/aromatic N) is 5. The minimum Gasteiger partial charge on any atom is -0.406 e. The molecule has 1 atom stereocenters. The molecule has 2 fully saturated rings. The largest absolute Gasteiger partial charge is 0.573 e. The van der Waals surface area contributed by atoms with Crippen molar-refractivity contribution in [3.8, 4) is 5.75 Å². The normalized spacial score (nSPS) is 20.1. The van der Waals surface area contributed by atoms with E-state index in [9.17, 15) is 13.2 Å². The van der Waals surface area contributed by atoms with Crippen LogP contribution in [0.5, 0.6) is 5.75 Å². The predicted octanol–water partition coefficient (Wildman–Crippen LogP) is 2.92. The smallest absolute Gasteiger partial charge is 0.406 e. The van der Waals surface area contributed by atoms with Gasteiger partial charge in [-0.2, -0.15) is 4.98 Å². The molecular formula is C21H26F3N5O2. The maximum absolute atomic E-state index is 12.3. The van der Waals surface area contributed by atoms with Crippen molar-refractivity contribution in [2.24, 2.45) is 0 Å². The van der Waals surface area contributed by atoms with Gasteiger partial charge in [0.15, 0.2) is 0 Å². The van der Waals surface area contributed by atoms with Crippen LogP contribution in [0, 0.1) is 0 Å². The first kappa shape index (κ1) is 21.6. The van der Waals surface area contributed by atoms with Gasteiger partial charge in [0.05, 0.1) is 13.2 Å². The highest BCUT2D eigenvalue weighted by Crippen LogP contribution is 2.25. The number of halogens is 3. The van der Waals surface area contributed by atoms with Crippen LogP contribution in [0.1, 0.15) is 12.0 Å². The highest BCUT2D eigenvalue weighted by Gasteiger charge is 2.31. The highest BCUT2D eigenvalue weighted by atomic mass is 19.4. The molecule has 1 aromatic heterocycles. The summed E-state index contributed by atoms with van der Waals surface area (Å²) in [5, 5.41) is 0. The average Bonchev–Trinajstić information content (AvgIpc) is 3.23. The van der Waals surface area contributed by atoms with E-state index in [1.54, 1.807) is 18.3 Å². The minimum atomic E-state index is -4.67. The van der Waals surface area contributed by atoms with Gasteiger partial charge in [0.25, 0.3) is 0 Å². The topological polar surface area (TPSA) is 54.0 Å². The van der Waals surface area contributed by atoms with Gasteiger partial charge in [-0.3, -0.25) is 4.90 Å². The molecular weight excluding hydrogens is 411 g/mol. The number of likely N-dealkylation sites (N-methyl/N-ethyl adjacent to an activating group) is 1. The first-order valence-electron chi connectivity index (χ1n) is 10.3. The Hall–Kier alpha value is -2.59. The van der Waals surface area contributed by atoms with Crippen LogP contribution >= 0.6 is 0 Å². The monoisotopic (exact) mass is 437 g/mol. The summed E-state index contributed by atoms with van der Waals surface area (Å²) < 4.78 is 46.3. The molecule has 1 unspecified atom stereocenters. The van der Waals surface area contributed by atoms with Crippen LogP contribution in [0.2, 0.25) is 0 Å². The third-order valence-corrected chi connectivity index (χ3v) is 5.64. The third-order valence-electron chi connectivity index (χ3n) is 5.64. The van der Waals surface area contributed by atoms with Crippen molar-refractivity contribution in [3.63, 3.8) is 0 Å². The van der Waals surface area contributed by atoms with Gasteiger partial charge in [-0.25, -0.2) is 4.98 Å². The van der Waals surface area contributed by atoms with Crippen LogP contribution in [0.25, 0.3) is 0 Å². The Bertz CT molecular complexity index is 859. The molecule has 0 radical (unpaired) electrons. The van der Waals surface area contributed by atoms with Crippen molar-refractivity contribution in [2.45, 2.75) is 25.4 Å². The lowest BCUT2D eigenvalue weighted by Gasteiger charge is -2.29. The molecule has 2 saturated heterocycles. The van der Waals surface area contributed by atoms with Gasteiger partial charge in [0.1, 0.15) is 11.6 Å². The van der Waals surface area contributed by atoms with Crippen molar-refractivity contribution in [1.29, 1.82) is 0 Å². The lowest BCUT2D eigenvalue weighted by molar-refractivity contribution is -0.274. The molecule has 2 aromatic rings. The summed E-state index contributed by atoms with van der Waals surface area (Å²) in [7, 11) is 2.04. The summed E-state index contributed by atoms with van der Waals surface area (Å²) in [6.07, 6.45) is -1.89. The maximum atomic E-state index is 12.3. The Kier molecular flexibility index (Phi) is 6.47. The molecule has 1 aromatic carbocycles. The third kappa shape index (κ3) is 5.76. The van der Waals surface area contributed by atoms with Crippen LogP contribution in [-0.4, -0.2) is 73.7 Å². The highest BCUT2D eigenvalue weighted by molar-refractivity contribution is 5.44. The van der Waals surface area contributed by atoms with Gasteiger partial charge in [-0.05, 0) is 30.2 Å².